The minimum Gasteiger partial charge on any atom is -0.462 e. The van der Waals surface area contributed by atoms with Gasteiger partial charge in [0, 0.05) is 31.7 Å². The topological polar surface area (TPSA) is 70.7 Å². The van der Waals surface area contributed by atoms with E-state index in [0.29, 0.717) is 47.5 Å². The van der Waals surface area contributed by atoms with Gasteiger partial charge in [0.2, 0.25) is 5.91 Å². The van der Waals surface area contributed by atoms with Crippen LogP contribution in [-0.2, 0) is 9.53 Å². The Balaban J connectivity index is 1.82. The predicted octanol–water partition coefficient (Wildman–Crippen LogP) is 2.43. The Morgan fingerprint density at radius 1 is 1.46 bits per heavy atom. The van der Waals surface area contributed by atoms with Crippen molar-refractivity contribution in [1.29, 1.82) is 0 Å². The fourth-order valence-corrected chi connectivity index (χ4v) is 2.86. The van der Waals surface area contributed by atoms with Crippen LogP contribution in [0.3, 0.4) is 0 Å². The van der Waals surface area contributed by atoms with Crippen molar-refractivity contribution in [2.24, 2.45) is 0 Å². The summed E-state index contributed by atoms with van der Waals surface area (Å²) in [5, 5.41) is 6.77. The number of hydrogen-bond acceptors (Lipinski definition) is 4. The lowest BCUT2D eigenvalue weighted by molar-refractivity contribution is -0.127. The van der Waals surface area contributed by atoms with Crippen molar-refractivity contribution < 1.29 is 14.3 Å². The van der Waals surface area contributed by atoms with Crippen molar-refractivity contribution in [3.05, 3.63) is 28.8 Å². The van der Waals surface area contributed by atoms with E-state index in [1.165, 1.54) is 0 Å². The minimum atomic E-state index is -0.454. The van der Waals surface area contributed by atoms with Gasteiger partial charge in [-0.25, -0.2) is 4.79 Å². The van der Waals surface area contributed by atoms with Crippen molar-refractivity contribution in [1.82, 2.24) is 10.2 Å². The molecule has 6 nitrogen and oxygen atoms in total. The quantitative estimate of drug-likeness (QED) is 0.592. The normalized spacial score (nSPS) is 13.8. The highest BCUT2D eigenvalue weighted by Gasteiger charge is 2.19. The van der Waals surface area contributed by atoms with E-state index in [4.69, 9.17) is 28.6 Å². The molecule has 24 heavy (non-hydrogen) atoms. The Morgan fingerprint density at radius 2 is 2.25 bits per heavy atom. The fraction of sp³-hybridized carbons (Fsp3) is 0.438. The Hall–Kier alpha value is -1.86. The van der Waals surface area contributed by atoms with Gasteiger partial charge in [-0.1, -0.05) is 11.6 Å². The number of thiocarbonyl (C=S) groups is 1. The lowest BCUT2D eigenvalue weighted by Gasteiger charge is -2.17. The molecule has 0 spiro atoms. The van der Waals surface area contributed by atoms with Crippen LogP contribution in [0.25, 0.3) is 0 Å². The summed E-state index contributed by atoms with van der Waals surface area (Å²) in [5.41, 5.74) is 0.985. The summed E-state index contributed by atoms with van der Waals surface area (Å²) in [6.45, 7) is 4.05. The first-order valence-electron chi connectivity index (χ1n) is 7.80. The molecule has 1 saturated heterocycles. The third-order valence-electron chi connectivity index (χ3n) is 3.56. The van der Waals surface area contributed by atoms with Gasteiger partial charge in [0.25, 0.3) is 0 Å². The smallest absolute Gasteiger partial charge is 0.339 e. The van der Waals surface area contributed by atoms with E-state index in [-0.39, 0.29) is 5.91 Å². The second-order valence-corrected chi connectivity index (χ2v) is 6.10. The van der Waals surface area contributed by atoms with E-state index < -0.39 is 5.97 Å². The third kappa shape index (κ3) is 5.07. The van der Waals surface area contributed by atoms with E-state index in [0.717, 1.165) is 13.0 Å². The Kier molecular flexibility index (Phi) is 6.81. The minimum absolute atomic E-state index is 0.192. The summed E-state index contributed by atoms with van der Waals surface area (Å²) >= 11 is 11.3. The van der Waals surface area contributed by atoms with Gasteiger partial charge in [0.15, 0.2) is 5.11 Å². The summed E-state index contributed by atoms with van der Waals surface area (Å²) in [6.07, 6.45) is 1.56. The van der Waals surface area contributed by atoms with Crippen LogP contribution >= 0.6 is 23.8 Å². The fourth-order valence-electron chi connectivity index (χ4n) is 2.39. The van der Waals surface area contributed by atoms with Crippen LogP contribution in [-0.4, -0.2) is 48.1 Å². The molecular formula is C16H20ClN3O3S. The van der Waals surface area contributed by atoms with Gasteiger partial charge < -0.3 is 20.3 Å². The third-order valence-corrected chi connectivity index (χ3v) is 4.12. The van der Waals surface area contributed by atoms with Gasteiger partial charge in [0.1, 0.15) is 0 Å². The molecule has 1 amide bonds. The molecule has 0 radical (unpaired) electrons. The molecule has 1 aliphatic heterocycles. The number of esters is 1. The predicted molar refractivity (Wildman–Crippen MR) is 97.4 cm³/mol. The van der Waals surface area contributed by atoms with Crippen molar-refractivity contribution in [2.45, 2.75) is 19.8 Å². The number of halogens is 1. The van der Waals surface area contributed by atoms with Crippen LogP contribution in [0.15, 0.2) is 18.2 Å². The lowest BCUT2D eigenvalue weighted by atomic mass is 10.2. The number of carbonyl (C=O) groups is 2. The van der Waals surface area contributed by atoms with E-state index >= 15 is 0 Å². The molecule has 1 heterocycles. The average Bonchev–Trinajstić information content (AvgIpc) is 2.93. The van der Waals surface area contributed by atoms with Gasteiger partial charge >= 0.3 is 5.97 Å². The van der Waals surface area contributed by atoms with Crippen LogP contribution < -0.4 is 10.6 Å². The molecule has 0 unspecified atom stereocenters. The molecule has 8 heteroatoms. The molecule has 1 aliphatic rings. The molecule has 2 N–H and O–H groups in total. The molecule has 0 atom stereocenters. The first-order chi connectivity index (χ1) is 11.5. The molecule has 0 bridgehead atoms. The number of ether oxygens (including phenoxy) is 1. The Labute approximate surface area is 151 Å². The second-order valence-electron chi connectivity index (χ2n) is 5.28. The summed E-state index contributed by atoms with van der Waals surface area (Å²) in [6, 6.07) is 4.91. The zero-order chi connectivity index (χ0) is 17.5. The largest absolute Gasteiger partial charge is 0.462 e. The van der Waals surface area contributed by atoms with Crippen molar-refractivity contribution in [2.75, 3.05) is 31.6 Å². The van der Waals surface area contributed by atoms with Crippen LogP contribution in [0.4, 0.5) is 5.69 Å². The van der Waals surface area contributed by atoms with Gasteiger partial charge in [-0.15, -0.1) is 0 Å². The molecule has 1 aromatic rings. The number of nitrogens with one attached hydrogen (secondary N) is 2. The zero-order valence-electron chi connectivity index (χ0n) is 13.4. The SMILES string of the molecule is CCOC(=O)c1ccc(NC(=S)NCCN2CCCC2=O)cc1Cl. The molecule has 0 aromatic heterocycles. The van der Waals surface area contributed by atoms with E-state index in [2.05, 4.69) is 10.6 Å². The molecule has 0 aliphatic carbocycles. The van der Waals surface area contributed by atoms with Crippen molar-refractivity contribution in [3.63, 3.8) is 0 Å². The van der Waals surface area contributed by atoms with Crippen molar-refractivity contribution in [3.8, 4) is 0 Å². The number of likely N-dealkylation sites (tertiary alicyclic amines) is 1. The Morgan fingerprint density at radius 3 is 2.88 bits per heavy atom. The molecular weight excluding hydrogens is 350 g/mol. The lowest BCUT2D eigenvalue weighted by Crippen LogP contribution is -2.37. The number of benzene rings is 1. The monoisotopic (exact) mass is 369 g/mol. The van der Waals surface area contributed by atoms with Crippen molar-refractivity contribution >= 4 is 46.5 Å². The maximum atomic E-state index is 11.7. The van der Waals surface area contributed by atoms with E-state index in [9.17, 15) is 9.59 Å². The van der Waals surface area contributed by atoms with Gasteiger partial charge in [-0.2, -0.15) is 0 Å². The number of hydrogen-bond donors (Lipinski definition) is 2. The highest BCUT2D eigenvalue weighted by atomic mass is 35.5. The summed E-state index contributed by atoms with van der Waals surface area (Å²) in [7, 11) is 0. The summed E-state index contributed by atoms with van der Waals surface area (Å²) < 4.78 is 4.93. The number of carbonyl (C=O) groups excluding carboxylic acids is 2. The Bertz CT molecular complexity index is 639. The molecule has 2 rings (SSSR count). The van der Waals surface area contributed by atoms with E-state index in [1.807, 2.05) is 4.90 Å². The van der Waals surface area contributed by atoms with Gasteiger partial charge in [-0.3, -0.25) is 4.79 Å². The maximum absolute atomic E-state index is 11.7. The maximum Gasteiger partial charge on any atom is 0.339 e. The number of nitrogens with zero attached hydrogens (tertiary/aromatic N) is 1. The summed E-state index contributed by atoms with van der Waals surface area (Å²) in [5.74, 6) is -0.262. The number of rotatable bonds is 6. The summed E-state index contributed by atoms with van der Waals surface area (Å²) in [4.78, 5) is 25.0. The highest BCUT2D eigenvalue weighted by molar-refractivity contribution is 7.80. The average molecular weight is 370 g/mol. The molecule has 1 aromatic carbocycles. The first-order valence-corrected chi connectivity index (χ1v) is 8.59. The molecule has 130 valence electrons. The second kappa shape index (κ2) is 8.84. The number of amides is 1. The van der Waals surface area contributed by atoms with Crippen LogP contribution in [0.2, 0.25) is 5.02 Å². The molecule has 1 fully saturated rings. The van der Waals surface area contributed by atoms with Crippen LogP contribution in [0, 0.1) is 0 Å². The van der Waals surface area contributed by atoms with Crippen LogP contribution in [0.1, 0.15) is 30.1 Å². The van der Waals surface area contributed by atoms with Gasteiger partial charge in [0.05, 0.1) is 17.2 Å². The van der Waals surface area contributed by atoms with E-state index in [1.54, 1.807) is 25.1 Å². The van der Waals surface area contributed by atoms with Gasteiger partial charge in [-0.05, 0) is 43.8 Å². The standard InChI is InChI=1S/C16H20ClN3O3S/c1-2-23-15(22)12-6-5-11(10-13(12)17)19-16(24)18-7-9-20-8-3-4-14(20)21/h5-6,10H,2-4,7-9H2,1H3,(H2,18,19,24). The van der Waals surface area contributed by atoms with Crippen LogP contribution in [0.5, 0.6) is 0 Å². The zero-order valence-corrected chi connectivity index (χ0v) is 15.0. The molecule has 0 saturated carbocycles. The number of anilines is 1. The first kappa shape index (κ1) is 18.5. The highest BCUT2D eigenvalue weighted by Crippen LogP contribution is 2.21.